The quantitative estimate of drug-likeness (QED) is 0.846. The predicted octanol–water partition coefficient (Wildman–Crippen LogP) is 2.57. The highest BCUT2D eigenvalue weighted by Gasteiger charge is 2.25. The number of amides is 1. The van der Waals surface area contributed by atoms with Crippen molar-refractivity contribution in [2.75, 3.05) is 19.6 Å². The van der Waals surface area contributed by atoms with Crippen LogP contribution in [0.2, 0.25) is 5.02 Å². The number of carbonyl (C=O) groups excluding carboxylic acids is 1. The first kappa shape index (κ1) is 18.8. The zero-order chi connectivity index (χ0) is 18.6. The average Bonchev–Trinajstić information content (AvgIpc) is 2.67. The predicted molar refractivity (Wildman–Crippen MR) is 99.5 cm³/mol. The minimum atomic E-state index is -3.63. The minimum Gasteiger partial charge on any atom is -0.339 e. The number of sulfonamides is 1. The summed E-state index contributed by atoms with van der Waals surface area (Å²) < 4.78 is 27.4. The summed E-state index contributed by atoms with van der Waals surface area (Å²) in [5.41, 5.74) is 0.623. The molecule has 6 nitrogen and oxygen atoms in total. The fraction of sp³-hybridized carbons (Fsp3) is 0.333. The molecule has 138 valence electrons. The van der Waals surface area contributed by atoms with Crippen molar-refractivity contribution in [3.8, 4) is 0 Å². The highest BCUT2D eigenvalue weighted by Crippen LogP contribution is 2.22. The van der Waals surface area contributed by atoms with E-state index in [0.29, 0.717) is 25.2 Å². The molecule has 0 bridgehead atoms. The van der Waals surface area contributed by atoms with Gasteiger partial charge in [0.25, 0.3) is 5.91 Å². The van der Waals surface area contributed by atoms with Gasteiger partial charge in [0.05, 0.1) is 5.02 Å². The molecule has 1 saturated heterocycles. The summed E-state index contributed by atoms with van der Waals surface area (Å²) in [5, 5.41) is 0.206. The number of hydrogen-bond donors (Lipinski definition) is 1. The van der Waals surface area contributed by atoms with Crippen LogP contribution in [-0.2, 0) is 10.0 Å². The van der Waals surface area contributed by atoms with Gasteiger partial charge in [0, 0.05) is 37.6 Å². The van der Waals surface area contributed by atoms with Crippen molar-refractivity contribution in [1.82, 2.24) is 14.6 Å². The highest BCUT2D eigenvalue weighted by atomic mass is 35.5. The number of pyridine rings is 1. The van der Waals surface area contributed by atoms with Crippen LogP contribution in [0.1, 0.15) is 23.2 Å². The van der Waals surface area contributed by atoms with Gasteiger partial charge in [-0.2, -0.15) is 0 Å². The molecule has 0 radical (unpaired) electrons. The lowest BCUT2D eigenvalue weighted by atomic mass is 9.97. The lowest BCUT2D eigenvalue weighted by Gasteiger charge is -2.32. The van der Waals surface area contributed by atoms with Crippen LogP contribution in [0.3, 0.4) is 0 Å². The Bertz CT molecular complexity index is 866. The Morgan fingerprint density at radius 2 is 1.81 bits per heavy atom. The van der Waals surface area contributed by atoms with E-state index in [1.165, 1.54) is 6.07 Å². The maximum atomic E-state index is 12.4. The van der Waals surface area contributed by atoms with E-state index in [-0.39, 0.29) is 21.7 Å². The summed E-state index contributed by atoms with van der Waals surface area (Å²) in [5.74, 6) is 0.177. The second-order valence-electron chi connectivity index (χ2n) is 6.25. The average molecular weight is 394 g/mol. The largest absolute Gasteiger partial charge is 0.339 e. The van der Waals surface area contributed by atoms with Crippen LogP contribution in [0.15, 0.2) is 53.7 Å². The maximum absolute atomic E-state index is 12.4. The van der Waals surface area contributed by atoms with Gasteiger partial charge in [-0.25, -0.2) is 13.1 Å². The van der Waals surface area contributed by atoms with Gasteiger partial charge in [0.1, 0.15) is 4.90 Å². The van der Waals surface area contributed by atoms with Crippen molar-refractivity contribution >= 4 is 27.5 Å². The van der Waals surface area contributed by atoms with E-state index in [4.69, 9.17) is 11.6 Å². The molecule has 0 aliphatic carbocycles. The monoisotopic (exact) mass is 393 g/mol. The molecule has 1 aliphatic rings. The summed E-state index contributed by atoms with van der Waals surface area (Å²) in [7, 11) is -3.63. The third-order valence-electron chi connectivity index (χ3n) is 4.52. The molecular weight excluding hydrogens is 374 g/mol. The van der Waals surface area contributed by atoms with Crippen molar-refractivity contribution in [2.24, 2.45) is 5.92 Å². The molecule has 0 unspecified atom stereocenters. The van der Waals surface area contributed by atoms with Gasteiger partial charge < -0.3 is 4.90 Å². The second-order valence-corrected chi connectivity index (χ2v) is 8.40. The lowest BCUT2D eigenvalue weighted by Crippen LogP contribution is -2.41. The Balaban J connectivity index is 1.53. The Kier molecular flexibility index (Phi) is 5.90. The third-order valence-corrected chi connectivity index (χ3v) is 6.44. The van der Waals surface area contributed by atoms with E-state index < -0.39 is 10.0 Å². The molecule has 2 heterocycles. The van der Waals surface area contributed by atoms with Gasteiger partial charge in [-0.3, -0.25) is 9.78 Å². The van der Waals surface area contributed by atoms with Gasteiger partial charge >= 0.3 is 0 Å². The minimum absolute atomic E-state index is 0.0116. The van der Waals surface area contributed by atoms with Crippen LogP contribution in [0, 0.1) is 5.92 Å². The number of carbonyl (C=O) groups is 1. The normalized spacial score (nSPS) is 15.8. The third kappa shape index (κ3) is 4.41. The summed E-state index contributed by atoms with van der Waals surface area (Å²) >= 11 is 5.97. The van der Waals surface area contributed by atoms with E-state index in [2.05, 4.69) is 9.71 Å². The van der Waals surface area contributed by atoms with Crippen molar-refractivity contribution in [1.29, 1.82) is 0 Å². The van der Waals surface area contributed by atoms with Gasteiger partial charge in [-0.1, -0.05) is 23.7 Å². The number of nitrogens with one attached hydrogen (secondary N) is 1. The van der Waals surface area contributed by atoms with Crippen LogP contribution in [0.4, 0.5) is 0 Å². The highest BCUT2D eigenvalue weighted by molar-refractivity contribution is 7.89. The van der Waals surface area contributed by atoms with E-state index in [1.807, 2.05) is 0 Å². The first-order chi connectivity index (χ1) is 12.5. The van der Waals surface area contributed by atoms with Crippen LogP contribution in [0.5, 0.6) is 0 Å². The molecule has 1 aromatic heterocycles. The Morgan fingerprint density at radius 3 is 2.46 bits per heavy atom. The first-order valence-electron chi connectivity index (χ1n) is 8.41. The number of aromatic nitrogens is 1. The van der Waals surface area contributed by atoms with Gasteiger partial charge in [0.15, 0.2) is 0 Å². The van der Waals surface area contributed by atoms with Crippen molar-refractivity contribution in [2.45, 2.75) is 17.7 Å². The number of hydrogen-bond acceptors (Lipinski definition) is 4. The lowest BCUT2D eigenvalue weighted by molar-refractivity contribution is 0.0692. The van der Waals surface area contributed by atoms with Gasteiger partial charge in [-0.05, 0) is 43.0 Å². The van der Waals surface area contributed by atoms with Crippen LogP contribution in [-0.4, -0.2) is 43.8 Å². The molecule has 1 aromatic carbocycles. The van der Waals surface area contributed by atoms with Crippen molar-refractivity contribution < 1.29 is 13.2 Å². The fourth-order valence-corrected chi connectivity index (χ4v) is 4.62. The van der Waals surface area contributed by atoms with Crippen molar-refractivity contribution in [3.05, 3.63) is 59.4 Å². The number of piperidine rings is 1. The Morgan fingerprint density at radius 1 is 1.15 bits per heavy atom. The Labute approximate surface area is 158 Å². The number of likely N-dealkylation sites (tertiary alicyclic amines) is 1. The maximum Gasteiger partial charge on any atom is 0.253 e. The van der Waals surface area contributed by atoms with Crippen LogP contribution < -0.4 is 4.72 Å². The molecule has 1 amide bonds. The molecule has 26 heavy (non-hydrogen) atoms. The zero-order valence-electron chi connectivity index (χ0n) is 14.1. The molecule has 0 atom stereocenters. The first-order valence-corrected chi connectivity index (χ1v) is 10.3. The van der Waals surface area contributed by atoms with E-state index in [1.54, 1.807) is 47.6 Å². The second kappa shape index (κ2) is 8.16. The molecule has 0 saturated carbocycles. The summed E-state index contributed by atoms with van der Waals surface area (Å²) in [4.78, 5) is 18.2. The molecule has 1 fully saturated rings. The molecule has 0 spiro atoms. The van der Waals surface area contributed by atoms with Crippen LogP contribution >= 0.6 is 11.6 Å². The van der Waals surface area contributed by atoms with Crippen LogP contribution in [0.25, 0.3) is 0 Å². The molecule has 3 rings (SSSR count). The fourth-order valence-electron chi connectivity index (χ4n) is 2.99. The van der Waals surface area contributed by atoms with E-state index in [0.717, 1.165) is 12.8 Å². The molecular formula is C18H20ClN3O3S. The molecule has 8 heteroatoms. The molecule has 1 N–H and O–H groups in total. The summed E-state index contributed by atoms with van der Waals surface area (Å²) in [6, 6.07) is 9.78. The summed E-state index contributed by atoms with van der Waals surface area (Å²) in [6.45, 7) is 1.56. The zero-order valence-corrected chi connectivity index (χ0v) is 15.7. The standard InChI is InChI=1S/C18H20ClN3O3S/c19-16-3-1-2-4-17(16)26(24,25)21-13-14-7-11-22(12-8-14)18(23)15-5-9-20-10-6-15/h1-6,9-10,14,21H,7-8,11-13H2. The van der Waals surface area contributed by atoms with E-state index >= 15 is 0 Å². The van der Waals surface area contributed by atoms with Crippen molar-refractivity contribution in [3.63, 3.8) is 0 Å². The number of halogens is 1. The van der Waals surface area contributed by atoms with Gasteiger partial charge in [0.2, 0.25) is 10.0 Å². The smallest absolute Gasteiger partial charge is 0.253 e. The molecule has 1 aliphatic heterocycles. The number of nitrogens with zero attached hydrogens (tertiary/aromatic N) is 2. The van der Waals surface area contributed by atoms with E-state index in [9.17, 15) is 13.2 Å². The SMILES string of the molecule is O=C(c1ccncc1)N1CCC(CNS(=O)(=O)c2ccccc2Cl)CC1. The summed E-state index contributed by atoms with van der Waals surface area (Å²) in [6.07, 6.45) is 4.71. The number of rotatable bonds is 5. The Hall–Kier alpha value is -1.96. The molecule has 2 aromatic rings. The topological polar surface area (TPSA) is 79.4 Å². The van der Waals surface area contributed by atoms with Gasteiger partial charge in [-0.15, -0.1) is 0 Å². The number of benzene rings is 1.